The van der Waals surface area contributed by atoms with E-state index in [1.54, 1.807) is 36.1 Å². The van der Waals surface area contributed by atoms with Crippen molar-refractivity contribution in [3.05, 3.63) is 96.3 Å². The Morgan fingerprint density at radius 1 is 1.09 bits per heavy atom. The molecule has 0 radical (unpaired) electrons. The molecule has 3 aromatic rings. The number of hydrogen-bond acceptors (Lipinski definition) is 6. The van der Waals surface area contributed by atoms with E-state index in [0.717, 1.165) is 36.0 Å². The summed E-state index contributed by atoms with van der Waals surface area (Å²) in [5.74, 6) is -0.466. The highest BCUT2D eigenvalue weighted by Crippen LogP contribution is 2.39. The summed E-state index contributed by atoms with van der Waals surface area (Å²) in [6.07, 6.45) is 5.10. The van der Waals surface area contributed by atoms with Crippen molar-refractivity contribution in [2.24, 2.45) is 5.92 Å². The molecule has 1 aromatic heterocycles. The maximum Gasteiger partial charge on any atom is 0.250 e. The molecule has 2 N–H and O–H groups in total. The number of carbonyl (C=O) groups excluding carboxylic acids is 1. The summed E-state index contributed by atoms with van der Waals surface area (Å²) < 4.78 is 12.6. The second-order valence-electron chi connectivity index (χ2n) is 12.0. The van der Waals surface area contributed by atoms with Gasteiger partial charge in [-0.3, -0.25) is 9.59 Å². The van der Waals surface area contributed by atoms with Gasteiger partial charge in [0.05, 0.1) is 29.2 Å². The van der Waals surface area contributed by atoms with E-state index in [4.69, 9.17) is 44.3 Å². The number of ether oxygens (including phenoxy) is 2. The van der Waals surface area contributed by atoms with Crippen LogP contribution in [0.15, 0.2) is 53.5 Å². The zero-order valence-electron chi connectivity index (χ0n) is 25.7. The Labute approximate surface area is 279 Å². The van der Waals surface area contributed by atoms with E-state index >= 15 is 0 Å². The fraction of sp³-hybridized carbons (Fsp3) is 0.471. The Hall–Kier alpha value is -2.59. The molecule has 11 heteroatoms. The monoisotopic (exact) mass is 675 g/mol. The fourth-order valence-corrected chi connectivity index (χ4v) is 6.87. The number of rotatable bonds is 13. The highest BCUT2D eigenvalue weighted by molar-refractivity contribution is 6.37. The molecule has 45 heavy (non-hydrogen) atoms. The Kier molecular flexibility index (Phi) is 11.2. The highest BCUT2D eigenvalue weighted by Gasteiger charge is 2.48. The first-order chi connectivity index (χ1) is 21.6. The van der Waals surface area contributed by atoms with E-state index in [1.165, 1.54) is 6.07 Å². The van der Waals surface area contributed by atoms with Gasteiger partial charge in [-0.15, -0.1) is 0 Å². The molecule has 0 bridgehead atoms. The van der Waals surface area contributed by atoms with Crippen LogP contribution < -0.4 is 15.6 Å². The van der Waals surface area contributed by atoms with Gasteiger partial charge in [0.25, 0.3) is 5.56 Å². The molecule has 2 atom stereocenters. The zero-order valence-corrected chi connectivity index (χ0v) is 27.9. The topological polar surface area (TPSA) is 93.0 Å². The number of nitrogens with one attached hydrogen (secondary N) is 1. The summed E-state index contributed by atoms with van der Waals surface area (Å²) in [5.41, 5.74) is 1.61. The number of pyridine rings is 1. The molecule has 2 aliphatic rings. The molecule has 1 aliphatic carbocycles. The lowest BCUT2D eigenvalue weighted by Crippen LogP contribution is -2.55. The van der Waals surface area contributed by atoms with E-state index in [-0.39, 0.29) is 17.5 Å². The number of hydrogen-bond donors (Lipinski definition) is 2. The number of aliphatic hydroxyl groups is 1. The summed E-state index contributed by atoms with van der Waals surface area (Å²) in [5, 5.41) is 16.9. The normalized spacial score (nSPS) is 19.8. The van der Waals surface area contributed by atoms with Gasteiger partial charge in [-0.25, -0.2) is 0 Å². The first kappa shape index (κ1) is 33.8. The number of aromatic nitrogens is 1. The molecule has 1 saturated heterocycles. The summed E-state index contributed by atoms with van der Waals surface area (Å²) >= 11 is 19.1. The molecule has 2 aromatic carbocycles. The second-order valence-corrected chi connectivity index (χ2v) is 13.2. The summed E-state index contributed by atoms with van der Waals surface area (Å²) in [6.45, 7) is 4.42. The minimum atomic E-state index is -1.49. The number of carbonyl (C=O) groups is 1. The van der Waals surface area contributed by atoms with Crippen LogP contribution >= 0.6 is 34.8 Å². The molecule has 1 saturated carbocycles. The van der Waals surface area contributed by atoms with Crippen molar-refractivity contribution in [2.45, 2.75) is 63.8 Å². The minimum Gasteiger partial charge on any atom is -0.490 e. The van der Waals surface area contributed by atoms with E-state index < -0.39 is 11.5 Å². The van der Waals surface area contributed by atoms with Gasteiger partial charge in [0, 0.05) is 50.1 Å². The lowest BCUT2D eigenvalue weighted by atomic mass is 9.76. The third-order valence-corrected chi connectivity index (χ3v) is 9.58. The minimum absolute atomic E-state index is 0.0993. The van der Waals surface area contributed by atoms with Gasteiger partial charge >= 0.3 is 0 Å². The van der Waals surface area contributed by atoms with Gasteiger partial charge in [-0.1, -0.05) is 46.9 Å². The second kappa shape index (κ2) is 14.9. The van der Waals surface area contributed by atoms with Crippen LogP contribution in [-0.4, -0.2) is 59.9 Å². The molecular formula is C34H40Cl3N3O5. The summed E-state index contributed by atoms with van der Waals surface area (Å²) in [7, 11) is 1.67. The van der Waals surface area contributed by atoms with Crippen molar-refractivity contribution in [2.75, 3.05) is 33.4 Å². The van der Waals surface area contributed by atoms with Crippen LogP contribution in [0.4, 0.5) is 0 Å². The Bertz CT molecular complexity index is 1550. The predicted octanol–water partition coefficient (Wildman–Crippen LogP) is 5.76. The summed E-state index contributed by atoms with van der Waals surface area (Å²) in [6, 6.07) is 12.8. The molecule has 0 spiro atoms. The van der Waals surface area contributed by atoms with Crippen LogP contribution in [0.3, 0.4) is 0 Å². The number of amides is 1. The van der Waals surface area contributed by atoms with Crippen molar-refractivity contribution in [1.29, 1.82) is 0 Å². The van der Waals surface area contributed by atoms with Gasteiger partial charge in [-0.05, 0) is 92.1 Å². The maximum absolute atomic E-state index is 14.2. The number of nitrogens with zero attached hydrogens (tertiary/aromatic N) is 2. The first-order valence-electron chi connectivity index (χ1n) is 15.4. The quantitative estimate of drug-likeness (QED) is 0.224. The third kappa shape index (κ3) is 8.05. The number of methoxy groups -OCH3 is 1. The molecule has 1 amide bonds. The standard InChI is InChI=1S/C34H40Cl3N3O5/c1-22-16-29(36)32(30(37)17-22)45-14-3-12-39-13-8-25(19-31(39)41)34(43)10-11-38-20-27(34)33(42)40(26-5-6-26)21-24-18-23(9-15-44-2)4-7-28(24)35/h4,7-8,13,16-19,26-27,38,43H,3,5-6,9-12,14-15,20-21H2,1-2H3/t27-,34-/m1/s1. The van der Waals surface area contributed by atoms with Gasteiger partial charge in [0.1, 0.15) is 5.60 Å². The Morgan fingerprint density at radius 2 is 1.84 bits per heavy atom. The Morgan fingerprint density at radius 3 is 2.53 bits per heavy atom. The molecule has 0 unspecified atom stereocenters. The molecule has 242 valence electrons. The van der Waals surface area contributed by atoms with Crippen LogP contribution in [0.2, 0.25) is 15.1 Å². The molecule has 1 aliphatic heterocycles. The largest absolute Gasteiger partial charge is 0.490 e. The fourth-order valence-electron chi connectivity index (χ4n) is 5.98. The molecule has 5 rings (SSSR count). The number of aryl methyl sites for hydroxylation is 2. The van der Waals surface area contributed by atoms with Gasteiger partial charge in [0.2, 0.25) is 5.91 Å². The SMILES string of the molecule is COCCc1ccc(Cl)c(CN(C(=O)[C@H]2CNCC[C@@]2(O)c2ccn(CCCOc3c(Cl)cc(C)cc3Cl)c(=O)c2)C2CC2)c1. The van der Waals surface area contributed by atoms with E-state index in [1.807, 2.05) is 30.0 Å². The lowest BCUT2D eigenvalue weighted by Gasteiger charge is -2.42. The van der Waals surface area contributed by atoms with E-state index in [0.29, 0.717) is 78.6 Å². The highest BCUT2D eigenvalue weighted by atomic mass is 35.5. The molecular weight excluding hydrogens is 637 g/mol. The average molecular weight is 677 g/mol. The average Bonchev–Trinajstić information content (AvgIpc) is 3.85. The van der Waals surface area contributed by atoms with Crippen molar-refractivity contribution in [1.82, 2.24) is 14.8 Å². The zero-order chi connectivity index (χ0) is 32.1. The number of piperidine rings is 1. The smallest absolute Gasteiger partial charge is 0.250 e. The van der Waals surface area contributed by atoms with Crippen LogP contribution in [-0.2, 0) is 34.6 Å². The predicted molar refractivity (Wildman–Crippen MR) is 177 cm³/mol. The van der Waals surface area contributed by atoms with Gasteiger partial charge < -0.3 is 29.4 Å². The van der Waals surface area contributed by atoms with Crippen LogP contribution in [0.5, 0.6) is 5.75 Å². The van der Waals surface area contributed by atoms with Crippen molar-refractivity contribution in [3.63, 3.8) is 0 Å². The van der Waals surface area contributed by atoms with Crippen molar-refractivity contribution < 1.29 is 19.4 Å². The summed E-state index contributed by atoms with van der Waals surface area (Å²) in [4.78, 5) is 29.2. The van der Waals surface area contributed by atoms with E-state index in [2.05, 4.69) is 5.32 Å². The first-order valence-corrected chi connectivity index (χ1v) is 16.5. The van der Waals surface area contributed by atoms with Gasteiger partial charge in [0.15, 0.2) is 5.75 Å². The number of benzene rings is 2. The van der Waals surface area contributed by atoms with Crippen LogP contribution in [0, 0.1) is 12.8 Å². The van der Waals surface area contributed by atoms with Crippen molar-refractivity contribution in [3.8, 4) is 5.75 Å². The number of halogens is 3. The van der Waals surface area contributed by atoms with Crippen molar-refractivity contribution >= 4 is 40.7 Å². The van der Waals surface area contributed by atoms with Crippen LogP contribution in [0.1, 0.15) is 47.9 Å². The molecule has 8 nitrogen and oxygen atoms in total. The molecule has 2 heterocycles. The molecule has 2 fully saturated rings. The third-order valence-electron chi connectivity index (χ3n) is 8.65. The lowest BCUT2D eigenvalue weighted by molar-refractivity contribution is -0.150. The van der Waals surface area contributed by atoms with Gasteiger partial charge in [-0.2, -0.15) is 0 Å². The van der Waals surface area contributed by atoms with E-state index in [9.17, 15) is 14.7 Å². The van der Waals surface area contributed by atoms with Crippen LogP contribution in [0.25, 0.3) is 0 Å². The maximum atomic E-state index is 14.2. The Balaban J connectivity index is 1.29.